The van der Waals surface area contributed by atoms with Crippen LogP contribution in [0.4, 0.5) is 0 Å². The first-order chi connectivity index (χ1) is 9.13. The van der Waals surface area contributed by atoms with E-state index in [-0.39, 0.29) is 6.10 Å². The number of phenolic OH excluding ortho intramolecular Hbond substituents is 1. The summed E-state index contributed by atoms with van der Waals surface area (Å²) in [5.41, 5.74) is 1.27. The first-order valence-corrected chi connectivity index (χ1v) is 7.35. The van der Waals surface area contributed by atoms with E-state index in [9.17, 15) is 10.2 Å². The molecule has 1 fully saturated rings. The van der Waals surface area contributed by atoms with Gasteiger partial charge in [0, 0.05) is 12.1 Å². The average molecular weight is 263 g/mol. The Bertz CT molecular complexity index is 369. The van der Waals surface area contributed by atoms with E-state index in [1.165, 1.54) is 5.56 Å². The van der Waals surface area contributed by atoms with E-state index in [1.807, 2.05) is 12.1 Å². The Labute approximate surface area is 115 Å². The number of aliphatic hydroxyl groups excluding tert-OH is 1. The van der Waals surface area contributed by atoms with E-state index in [4.69, 9.17) is 0 Å². The molecule has 0 aromatic heterocycles. The summed E-state index contributed by atoms with van der Waals surface area (Å²) < 4.78 is 0. The van der Waals surface area contributed by atoms with E-state index < -0.39 is 0 Å². The van der Waals surface area contributed by atoms with Gasteiger partial charge in [-0.25, -0.2) is 0 Å². The number of aryl methyl sites for hydroxylation is 1. The van der Waals surface area contributed by atoms with Gasteiger partial charge in [0.2, 0.25) is 0 Å². The summed E-state index contributed by atoms with van der Waals surface area (Å²) in [5, 5.41) is 22.4. The van der Waals surface area contributed by atoms with E-state index in [2.05, 4.69) is 12.2 Å². The Hall–Kier alpha value is -1.06. The number of hydrogen-bond acceptors (Lipinski definition) is 3. The summed E-state index contributed by atoms with van der Waals surface area (Å²) in [7, 11) is 0. The van der Waals surface area contributed by atoms with E-state index in [1.54, 1.807) is 12.1 Å². The fourth-order valence-electron chi connectivity index (χ4n) is 2.77. The van der Waals surface area contributed by atoms with Crippen LogP contribution in [-0.4, -0.2) is 28.4 Å². The zero-order valence-corrected chi connectivity index (χ0v) is 11.7. The molecule has 1 unspecified atom stereocenters. The smallest absolute Gasteiger partial charge is 0.115 e. The van der Waals surface area contributed by atoms with Crippen molar-refractivity contribution in [2.45, 2.75) is 63.6 Å². The first kappa shape index (κ1) is 14.4. The topological polar surface area (TPSA) is 52.5 Å². The third-order valence-electron chi connectivity index (χ3n) is 4.02. The molecule has 2 rings (SSSR count). The normalized spacial score (nSPS) is 25.2. The second-order valence-electron chi connectivity index (χ2n) is 5.78. The van der Waals surface area contributed by atoms with Crippen molar-refractivity contribution in [1.29, 1.82) is 0 Å². The Morgan fingerprint density at radius 2 is 1.79 bits per heavy atom. The zero-order chi connectivity index (χ0) is 13.7. The SMILES string of the molecule is CC(CCc1ccc(O)cc1)NC1CCC(O)CC1. The third kappa shape index (κ3) is 4.84. The molecule has 1 aliphatic carbocycles. The molecule has 1 atom stereocenters. The summed E-state index contributed by atoms with van der Waals surface area (Å²) in [4.78, 5) is 0. The molecule has 0 aliphatic heterocycles. The van der Waals surface area contributed by atoms with Crippen LogP contribution in [0.3, 0.4) is 0 Å². The number of rotatable bonds is 5. The molecular formula is C16H25NO2. The van der Waals surface area contributed by atoms with Crippen LogP contribution in [0.1, 0.15) is 44.6 Å². The van der Waals surface area contributed by atoms with Gasteiger partial charge in [-0.05, 0) is 63.1 Å². The highest BCUT2D eigenvalue weighted by molar-refractivity contribution is 5.25. The molecule has 106 valence electrons. The molecule has 3 heteroatoms. The minimum Gasteiger partial charge on any atom is -0.508 e. The highest BCUT2D eigenvalue weighted by Gasteiger charge is 2.20. The molecule has 0 spiro atoms. The van der Waals surface area contributed by atoms with Crippen molar-refractivity contribution < 1.29 is 10.2 Å². The number of benzene rings is 1. The van der Waals surface area contributed by atoms with Crippen molar-refractivity contribution >= 4 is 0 Å². The zero-order valence-electron chi connectivity index (χ0n) is 11.7. The Balaban J connectivity index is 1.69. The van der Waals surface area contributed by atoms with Crippen LogP contribution in [0.25, 0.3) is 0 Å². The van der Waals surface area contributed by atoms with Crippen molar-refractivity contribution in [1.82, 2.24) is 5.32 Å². The molecule has 3 N–H and O–H groups in total. The van der Waals surface area contributed by atoms with Crippen LogP contribution in [-0.2, 0) is 6.42 Å². The van der Waals surface area contributed by atoms with Crippen molar-refractivity contribution in [3.8, 4) is 5.75 Å². The van der Waals surface area contributed by atoms with Gasteiger partial charge >= 0.3 is 0 Å². The van der Waals surface area contributed by atoms with Crippen LogP contribution >= 0.6 is 0 Å². The summed E-state index contributed by atoms with van der Waals surface area (Å²) in [6.45, 7) is 2.23. The third-order valence-corrected chi connectivity index (χ3v) is 4.02. The lowest BCUT2D eigenvalue weighted by Gasteiger charge is -2.29. The highest BCUT2D eigenvalue weighted by Crippen LogP contribution is 2.19. The van der Waals surface area contributed by atoms with Gasteiger partial charge in [0.15, 0.2) is 0 Å². The molecule has 1 aliphatic rings. The van der Waals surface area contributed by atoms with Gasteiger partial charge in [-0.15, -0.1) is 0 Å². The van der Waals surface area contributed by atoms with Crippen LogP contribution < -0.4 is 5.32 Å². The molecule has 19 heavy (non-hydrogen) atoms. The maximum Gasteiger partial charge on any atom is 0.115 e. The second kappa shape index (κ2) is 6.92. The van der Waals surface area contributed by atoms with E-state index >= 15 is 0 Å². The lowest BCUT2D eigenvalue weighted by molar-refractivity contribution is 0.114. The monoisotopic (exact) mass is 263 g/mol. The number of hydrogen-bond donors (Lipinski definition) is 3. The number of phenols is 1. The highest BCUT2D eigenvalue weighted by atomic mass is 16.3. The molecule has 0 amide bonds. The largest absolute Gasteiger partial charge is 0.508 e. The van der Waals surface area contributed by atoms with Crippen molar-refractivity contribution in [3.63, 3.8) is 0 Å². The van der Waals surface area contributed by atoms with Crippen molar-refractivity contribution in [3.05, 3.63) is 29.8 Å². The summed E-state index contributed by atoms with van der Waals surface area (Å²) in [6, 6.07) is 8.52. The van der Waals surface area contributed by atoms with Gasteiger partial charge in [0.05, 0.1) is 6.10 Å². The van der Waals surface area contributed by atoms with Crippen molar-refractivity contribution in [2.75, 3.05) is 0 Å². The quantitative estimate of drug-likeness (QED) is 0.765. The molecule has 0 saturated heterocycles. The lowest BCUT2D eigenvalue weighted by Crippen LogP contribution is -2.40. The van der Waals surface area contributed by atoms with Crippen LogP contribution in [0.2, 0.25) is 0 Å². The predicted octanol–water partition coefficient (Wildman–Crippen LogP) is 2.61. The molecule has 3 nitrogen and oxygen atoms in total. The number of aromatic hydroxyl groups is 1. The van der Waals surface area contributed by atoms with Crippen LogP contribution in [0.5, 0.6) is 5.75 Å². The fourth-order valence-corrected chi connectivity index (χ4v) is 2.77. The number of aliphatic hydroxyl groups is 1. The molecule has 1 aromatic rings. The van der Waals surface area contributed by atoms with Gasteiger partial charge in [-0.3, -0.25) is 0 Å². The average Bonchev–Trinajstić information content (AvgIpc) is 2.41. The summed E-state index contributed by atoms with van der Waals surface area (Å²) >= 11 is 0. The molecule has 0 bridgehead atoms. The van der Waals surface area contributed by atoms with Crippen molar-refractivity contribution in [2.24, 2.45) is 0 Å². The molecule has 1 saturated carbocycles. The predicted molar refractivity (Wildman–Crippen MR) is 77.3 cm³/mol. The Morgan fingerprint density at radius 1 is 1.16 bits per heavy atom. The summed E-state index contributed by atoms with van der Waals surface area (Å²) in [5.74, 6) is 0.329. The maximum atomic E-state index is 9.49. The van der Waals surface area contributed by atoms with E-state index in [0.29, 0.717) is 17.8 Å². The molecule has 0 heterocycles. The van der Waals surface area contributed by atoms with Gasteiger partial charge in [-0.2, -0.15) is 0 Å². The van der Waals surface area contributed by atoms with Gasteiger partial charge in [0.1, 0.15) is 5.75 Å². The minimum atomic E-state index is -0.0784. The lowest BCUT2D eigenvalue weighted by atomic mass is 9.92. The molecular weight excluding hydrogens is 238 g/mol. The van der Waals surface area contributed by atoms with Gasteiger partial charge in [0.25, 0.3) is 0 Å². The van der Waals surface area contributed by atoms with Crippen LogP contribution in [0, 0.1) is 0 Å². The summed E-state index contributed by atoms with van der Waals surface area (Å²) in [6.07, 6.45) is 6.10. The maximum absolute atomic E-state index is 9.49. The fraction of sp³-hybridized carbons (Fsp3) is 0.625. The van der Waals surface area contributed by atoms with Gasteiger partial charge in [-0.1, -0.05) is 12.1 Å². The Kier molecular flexibility index (Phi) is 5.23. The molecule has 0 radical (unpaired) electrons. The second-order valence-corrected chi connectivity index (χ2v) is 5.78. The standard InChI is InChI=1S/C16H25NO2/c1-12(17-14-6-10-16(19)11-7-14)2-3-13-4-8-15(18)9-5-13/h4-5,8-9,12,14,16-19H,2-3,6-7,10-11H2,1H3. The van der Waals surface area contributed by atoms with E-state index in [0.717, 1.165) is 38.5 Å². The van der Waals surface area contributed by atoms with Gasteiger partial charge < -0.3 is 15.5 Å². The van der Waals surface area contributed by atoms with Crippen LogP contribution in [0.15, 0.2) is 24.3 Å². The number of nitrogens with one attached hydrogen (secondary N) is 1. The molecule has 1 aromatic carbocycles. The minimum absolute atomic E-state index is 0.0784. The first-order valence-electron chi connectivity index (χ1n) is 7.35. The Morgan fingerprint density at radius 3 is 2.42 bits per heavy atom.